The van der Waals surface area contributed by atoms with Crippen molar-refractivity contribution in [1.29, 1.82) is 0 Å². The zero-order chi connectivity index (χ0) is 33.6. The van der Waals surface area contributed by atoms with Crippen LogP contribution in [0.3, 0.4) is 0 Å². The van der Waals surface area contributed by atoms with Crippen LogP contribution in [0.1, 0.15) is 37.5 Å². The zero-order valence-electron chi connectivity index (χ0n) is 26.0. The monoisotopic (exact) mass is 699 g/mol. The van der Waals surface area contributed by atoms with Gasteiger partial charge in [-0.3, -0.25) is 13.9 Å². The molecular formula is C35H36Cl3N3O4S. The average molecular weight is 701 g/mol. The van der Waals surface area contributed by atoms with Gasteiger partial charge in [0.25, 0.3) is 10.0 Å². The van der Waals surface area contributed by atoms with Crippen LogP contribution in [-0.4, -0.2) is 43.3 Å². The summed E-state index contributed by atoms with van der Waals surface area (Å²) in [5.41, 5.74) is 1.55. The number of nitrogens with one attached hydrogen (secondary N) is 1. The summed E-state index contributed by atoms with van der Waals surface area (Å²) in [5.74, 6) is -1.05. The summed E-state index contributed by atoms with van der Waals surface area (Å²) in [7, 11) is -4.26. The highest BCUT2D eigenvalue weighted by Crippen LogP contribution is 2.30. The fourth-order valence-corrected chi connectivity index (χ4v) is 6.96. The van der Waals surface area contributed by atoms with E-state index in [9.17, 15) is 18.0 Å². The van der Waals surface area contributed by atoms with Gasteiger partial charge in [0.05, 0.1) is 10.6 Å². The Hall–Kier alpha value is -3.56. The molecular weight excluding hydrogens is 665 g/mol. The van der Waals surface area contributed by atoms with Crippen molar-refractivity contribution in [3.8, 4) is 0 Å². The second-order valence-electron chi connectivity index (χ2n) is 11.9. The minimum Gasteiger partial charge on any atom is -0.350 e. The fraction of sp³-hybridized carbons (Fsp3) is 0.257. The summed E-state index contributed by atoms with van der Waals surface area (Å²) in [6, 6.07) is 25.8. The Balaban J connectivity index is 1.86. The van der Waals surface area contributed by atoms with Crippen LogP contribution in [0.15, 0.2) is 102 Å². The molecule has 1 atom stereocenters. The maximum Gasteiger partial charge on any atom is 0.264 e. The highest BCUT2D eigenvalue weighted by Gasteiger charge is 2.36. The molecule has 1 N–H and O–H groups in total. The summed E-state index contributed by atoms with van der Waals surface area (Å²) in [6.45, 7) is 6.54. The molecule has 4 rings (SSSR count). The van der Waals surface area contributed by atoms with E-state index in [2.05, 4.69) is 5.32 Å². The molecule has 0 bridgehead atoms. The van der Waals surface area contributed by atoms with Crippen LogP contribution in [0.25, 0.3) is 0 Å². The molecule has 0 saturated heterocycles. The SMILES string of the molecule is Cc1ccc(N(CC(=O)N(Cc2c(Cl)cccc2Cl)[C@@H](Cc2ccccc2)C(=O)NC(C)(C)C)S(=O)(=O)c2ccccc2)cc1Cl. The number of nitrogens with zero attached hydrogens (tertiary/aromatic N) is 2. The van der Waals surface area contributed by atoms with Crippen molar-refractivity contribution in [2.45, 2.75) is 57.1 Å². The molecule has 0 radical (unpaired) electrons. The van der Waals surface area contributed by atoms with Gasteiger partial charge in [-0.25, -0.2) is 8.42 Å². The number of rotatable bonds is 11. The smallest absolute Gasteiger partial charge is 0.264 e. The minimum absolute atomic E-state index is 0.00786. The number of carbonyl (C=O) groups excluding carboxylic acids is 2. The Kier molecular flexibility index (Phi) is 11.4. The first-order valence-corrected chi connectivity index (χ1v) is 17.2. The third-order valence-corrected chi connectivity index (χ3v) is 10.1. The van der Waals surface area contributed by atoms with E-state index in [1.807, 2.05) is 51.1 Å². The zero-order valence-corrected chi connectivity index (χ0v) is 29.1. The van der Waals surface area contributed by atoms with Gasteiger partial charge in [0, 0.05) is 39.1 Å². The van der Waals surface area contributed by atoms with Gasteiger partial charge in [-0.05, 0) is 75.2 Å². The normalized spacial score (nSPS) is 12.3. The Labute approximate surface area is 286 Å². The van der Waals surface area contributed by atoms with Crippen molar-refractivity contribution < 1.29 is 18.0 Å². The molecule has 2 amide bonds. The third-order valence-electron chi connectivity index (χ3n) is 7.21. The minimum atomic E-state index is -4.26. The van der Waals surface area contributed by atoms with Gasteiger partial charge in [0.2, 0.25) is 11.8 Å². The van der Waals surface area contributed by atoms with E-state index in [4.69, 9.17) is 34.8 Å². The van der Waals surface area contributed by atoms with Gasteiger partial charge in [-0.2, -0.15) is 0 Å². The molecule has 0 unspecified atom stereocenters. The van der Waals surface area contributed by atoms with Crippen LogP contribution in [0.4, 0.5) is 5.69 Å². The largest absolute Gasteiger partial charge is 0.350 e. The van der Waals surface area contributed by atoms with Gasteiger partial charge >= 0.3 is 0 Å². The van der Waals surface area contributed by atoms with E-state index in [1.54, 1.807) is 55.5 Å². The predicted molar refractivity (Wildman–Crippen MR) is 186 cm³/mol. The molecule has 0 fully saturated rings. The number of halogens is 3. The van der Waals surface area contributed by atoms with Gasteiger partial charge in [0.1, 0.15) is 12.6 Å². The molecule has 0 spiro atoms. The van der Waals surface area contributed by atoms with Crippen LogP contribution in [0, 0.1) is 6.92 Å². The summed E-state index contributed by atoms with van der Waals surface area (Å²) in [6.07, 6.45) is 0.151. The van der Waals surface area contributed by atoms with E-state index in [0.717, 1.165) is 15.4 Å². The van der Waals surface area contributed by atoms with Crippen molar-refractivity contribution in [2.24, 2.45) is 0 Å². The Morgan fingerprint density at radius 3 is 1.96 bits per heavy atom. The molecule has 0 aromatic heterocycles. The lowest BCUT2D eigenvalue weighted by Gasteiger charge is -2.35. The van der Waals surface area contributed by atoms with E-state index >= 15 is 0 Å². The average Bonchev–Trinajstić information content (AvgIpc) is 3.00. The maximum atomic E-state index is 14.6. The summed E-state index contributed by atoms with van der Waals surface area (Å²) in [5, 5.41) is 3.94. The van der Waals surface area contributed by atoms with Crippen molar-refractivity contribution in [3.05, 3.63) is 129 Å². The summed E-state index contributed by atoms with van der Waals surface area (Å²) >= 11 is 19.6. The van der Waals surface area contributed by atoms with Crippen LogP contribution in [-0.2, 0) is 32.6 Å². The molecule has 7 nitrogen and oxygen atoms in total. The number of carbonyl (C=O) groups is 2. The van der Waals surface area contributed by atoms with Crippen LogP contribution >= 0.6 is 34.8 Å². The standard InChI is InChI=1S/C35H36Cl3N3O4S/c1-24-18-19-26(21-31(24)38)41(46(44,45)27-14-9-6-10-15-27)23-33(42)40(22-28-29(36)16-11-17-30(28)37)32(34(43)39-35(2,3)4)20-25-12-7-5-8-13-25/h5-19,21,32H,20,22-23H2,1-4H3,(H,39,43)/t32-/m0/s1. The molecule has 242 valence electrons. The number of amides is 2. The van der Waals surface area contributed by atoms with E-state index in [1.165, 1.54) is 23.1 Å². The molecule has 0 aliphatic carbocycles. The lowest BCUT2D eigenvalue weighted by Crippen LogP contribution is -2.56. The van der Waals surface area contributed by atoms with Gasteiger partial charge in [0.15, 0.2) is 0 Å². The summed E-state index contributed by atoms with van der Waals surface area (Å²) in [4.78, 5) is 30.0. The molecule has 4 aromatic carbocycles. The second-order valence-corrected chi connectivity index (χ2v) is 15.0. The maximum absolute atomic E-state index is 14.6. The number of hydrogen-bond acceptors (Lipinski definition) is 4. The van der Waals surface area contributed by atoms with Gasteiger partial charge in [-0.15, -0.1) is 0 Å². The van der Waals surface area contributed by atoms with Crippen molar-refractivity contribution in [1.82, 2.24) is 10.2 Å². The highest BCUT2D eigenvalue weighted by molar-refractivity contribution is 7.92. The van der Waals surface area contributed by atoms with Crippen LogP contribution in [0.2, 0.25) is 15.1 Å². The topological polar surface area (TPSA) is 86.8 Å². The summed E-state index contributed by atoms with van der Waals surface area (Å²) < 4.78 is 29.3. The van der Waals surface area contributed by atoms with Crippen molar-refractivity contribution >= 4 is 62.3 Å². The first-order valence-electron chi connectivity index (χ1n) is 14.6. The first kappa shape index (κ1) is 35.3. The van der Waals surface area contributed by atoms with Gasteiger partial charge < -0.3 is 10.2 Å². The van der Waals surface area contributed by atoms with Crippen LogP contribution < -0.4 is 9.62 Å². The van der Waals surface area contributed by atoms with E-state index in [0.29, 0.717) is 20.6 Å². The Morgan fingerprint density at radius 1 is 0.804 bits per heavy atom. The van der Waals surface area contributed by atoms with E-state index in [-0.39, 0.29) is 23.5 Å². The molecule has 0 aliphatic heterocycles. The third kappa shape index (κ3) is 8.82. The number of hydrogen-bond donors (Lipinski definition) is 1. The highest BCUT2D eigenvalue weighted by atomic mass is 35.5. The number of benzene rings is 4. The Morgan fingerprint density at radius 2 is 1.39 bits per heavy atom. The number of anilines is 1. The van der Waals surface area contributed by atoms with E-state index < -0.39 is 40.0 Å². The Bertz CT molecular complexity index is 1780. The molecule has 11 heteroatoms. The predicted octanol–water partition coefficient (Wildman–Crippen LogP) is 7.71. The second kappa shape index (κ2) is 14.9. The fourth-order valence-electron chi connectivity index (χ4n) is 4.85. The molecule has 0 aliphatic rings. The lowest BCUT2D eigenvalue weighted by molar-refractivity contribution is -0.140. The van der Waals surface area contributed by atoms with Crippen molar-refractivity contribution in [2.75, 3.05) is 10.8 Å². The van der Waals surface area contributed by atoms with Crippen LogP contribution in [0.5, 0.6) is 0 Å². The first-order chi connectivity index (χ1) is 21.7. The van der Waals surface area contributed by atoms with Crippen molar-refractivity contribution in [3.63, 3.8) is 0 Å². The number of aryl methyl sites for hydroxylation is 1. The lowest BCUT2D eigenvalue weighted by atomic mass is 10.0. The molecule has 4 aromatic rings. The van der Waals surface area contributed by atoms with Gasteiger partial charge in [-0.1, -0.05) is 95.5 Å². The quantitative estimate of drug-likeness (QED) is 0.174. The molecule has 0 heterocycles. The molecule has 46 heavy (non-hydrogen) atoms. The molecule has 0 saturated carbocycles. The number of sulfonamides is 1.